The molecule has 2 aromatic carbocycles. The number of rotatable bonds is 10. The lowest BCUT2D eigenvalue weighted by Gasteiger charge is -2.35. The molecule has 5 N–H and O–H groups in total. The number of aromatic amines is 2. The summed E-state index contributed by atoms with van der Waals surface area (Å²) in [6, 6.07) is 8.51. The van der Waals surface area contributed by atoms with Gasteiger partial charge in [0, 0.05) is 35.6 Å². The lowest BCUT2D eigenvalue weighted by Crippen LogP contribution is -2.54. The van der Waals surface area contributed by atoms with Gasteiger partial charge in [0.1, 0.15) is 34.4 Å². The second-order valence-electron chi connectivity index (χ2n) is 15.6. The molecule has 2 aliphatic rings. The van der Waals surface area contributed by atoms with Gasteiger partial charge in [-0.25, -0.2) is 29.5 Å². The summed E-state index contributed by atoms with van der Waals surface area (Å²) in [6.07, 6.45) is 2.95. The van der Waals surface area contributed by atoms with E-state index in [4.69, 9.17) is 29.4 Å². The van der Waals surface area contributed by atoms with Crippen LogP contribution in [0.4, 0.5) is 9.59 Å². The summed E-state index contributed by atoms with van der Waals surface area (Å²) >= 11 is 1.57. The number of ether oxygens (including phenoxy) is 2. The summed E-state index contributed by atoms with van der Waals surface area (Å²) in [5, 5.41) is 19.7. The molecule has 3 amide bonds. The highest BCUT2D eigenvalue weighted by molar-refractivity contribution is 7.22. The number of imidazole rings is 2. The van der Waals surface area contributed by atoms with Crippen molar-refractivity contribution in [2.75, 3.05) is 27.3 Å². The standard InChI is InChI=1S/C40H48N10O6S/c1-19(2)28(46-39(53)55-5)37(51)49-15-7-9-26(49)33-42-24-13-14-25-32(31(24)45-33)57-36(43-25)21-11-12-23-22(17-21)18-41-35-30(23)44-34(48-35)27-10-8-16-50(27)38(52)29(20(3)4)47-40(54)56-6/h11-14,17-20,26-29,38,52H,7-10,15-16H2,1-6H3,(H,42,45)(H,46,53)(H,47,54)(H,41,44,48)/t26-,27-,28-,29-,38?/m0/s1. The van der Waals surface area contributed by atoms with Gasteiger partial charge in [-0.15, -0.1) is 11.3 Å². The van der Waals surface area contributed by atoms with Gasteiger partial charge in [0.2, 0.25) is 5.91 Å². The van der Waals surface area contributed by atoms with Crippen molar-refractivity contribution < 1.29 is 29.0 Å². The van der Waals surface area contributed by atoms with Crippen molar-refractivity contribution in [2.45, 2.75) is 83.8 Å². The normalized spacial score (nSPS) is 19.3. The summed E-state index contributed by atoms with van der Waals surface area (Å²) < 4.78 is 10.6. The number of pyridine rings is 1. The van der Waals surface area contributed by atoms with E-state index in [9.17, 15) is 19.5 Å². The molecule has 4 aromatic heterocycles. The molecule has 8 rings (SSSR count). The highest BCUT2D eigenvalue weighted by atomic mass is 32.1. The molecule has 17 heteroatoms. The van der Waals surface area contributed by atoms with Gasteiger partial charge in [0.15, 0.2) is 5.65 Å². The first-order valence-corrected chi connectivity index (χ1v) is 20.3. The fraction of sp³-hybridized carbons (Fsp3) is 0.475. The number of carbonyl (C=O) groups excluding carboxylic acids is 3. The van der Waals surface area contributed by atoms with Gasteiger partial charge >= 0.3 is 12.2 Å². The summed E-state index contributed by atoms with van der Waals surface area (Å²) in [4.78, 5) is 68.3. The molecule has 6 aromatic rings. The van der Waals surface area contributed by atoms with Crippen molar-refractivity contribution in [1.29, 1.82) is 0 Å². The van der Waals surface area contributed by atoms with Gasteiger partial charge in [-0.05, 0) is 55.7 Å². The number of aliphatic hydroxyl groups excluding tert-OH is 1. The van der Waals surface area contributed by atoms with Crippen LogP contribution in [-0.4, -0.2) is 109 Å². The monoisotopic (exact) mass is 796 g/mol. The predicted molar refractivity (Wildman–Crippen MR) is 216 cm³/mol. The molecule has 0 aliphatic carbocycles. The Morgan fingerprint density at radius 1 is 0.895 bits per heavy atom. The maximum absolute atomic E-state index is 13.7. The Morgan fingerprint density at radius 2 is 1.63 bits per heavy atom. The SMILES string of the molecule is COC(=O)N[C@@H](C(C)C)C(O)N1CCC[C@H]1c1nc2ncc3cc(-c4nc5ccc6[nH]c([C@@H]7CCCN7C(=O)[C@@H](NC(=O)OC)C(C)C)nc6c5s4)ccc3c2[nH]1. The Morgan fingerprint density at radius 3 is 2.39 bits per heavy atom. The van der Waals surface area contributed by atoms with Crippen molar-refractivity contribution in [3.05, 3.63) is 48.2 Å². The van der Waals surface area contributed by atoms with Crippen molar-refractivity contribution in [1.82, 2.24) is 50.3 Å². The van der Waals surface area contributed by atoms with Crippen LogP contribution >= 0.6 is 11.3 Å². The smallest absolute Gasteiger partial charge is 0.407 e. The number of alkyl carbamates (subject to hydrolysis) is 2. The summed E-state index contributed by atoms with van der Waals surface area (Å²) in [5.41, 5.74) is 4.87. The molecular weight excluding hydrogens is 749 g/mol. The first-order chi connectivity index (χ1) is 27.4. The molecular formula is C40H48N10O6S. The van der Waals surface area contributed by atoms with Crippen molar-refractivity contribution >= 4 is 72.6 Å². The lowest BCUT2D eigenvalue weighted by atomic mass is 10.0. The number of nitrogens with one attached hydrogen (secondary N) is 4. The van der Waals surface area contributed by atoms with Gasteiger partial charge < -0.3 is 40.1 Å². The summed E-state index contributed by atoms with van der Waals surface area (Å²) in [7, 11) is 2.60. The maximum Gasteiger partial charge on any atom is 0.407 e. The predicted octanol–water partition coefficient (Wildman–Crippen LogP) is 6.14. The number of aliphatic hydroxyl groups is 1. The van der Waals surface area contributed by atoms with E-state index in [1.165, 1.54) is 14.2 Å². The number of fused-ring (bicyclic) bond motifs is 6. The van der Waals surface area contributed by atoms with Crippen LogP contribution < -0.4 is 10.6 Å². The molecule has 6 heterocycles. The molecule has 1 unspecified atom stereocenters. The van der Waals surface area contributed by atoms with Gasteiger partial charge in [-0.2, -0.15) is 0 Å². The molecule has 2 aliphatic heterocycles. The third-order valence-electron chi connectivity index (χ3n) is 11.3. The van der Waals surface area contributed by atoms with E-state index in [0.717, 1.165) is 79.6 Å². The van der Waals surface area contributed by atoms with Crippen LogP contribution in [0.25, 0.3) is 53.8 Å². The fourth-order valence-corrected chi connectivity index (χ4v) is 9.37. The Labute approximate surface area is 332 Å². The third kappa shape index (κ3) is 7.12. The summed E-state index contributed by atoms with van der Waals surface area (Å²) in [6.45, 7) is 8.95. The maximum atomic E-state index is 13.7. The molecule has 0 saturated carbocycles. The van der Waals surface area contributed by atoms with Crippen molar-refractivity contribution in [3.8, 4) is 10.6 Å². The van der Waals surface area contributed by atoms with Gasteiger partial charge in [0.05, 0.1) is 53.6 Å². The molecule has 2 fully saturated rings. The van der Waals surface area contributed by atoms with Crippen molar-refractivity contribution in [3.63, 3.8) is 0 Å². The highest BCUT2D eigenvalue weighted by Crippen LogP contribution is 2.39. The molecule has 16 nitrogen and oxygen atoms in total. The Bertz CT molecular complexity index is 2480. The third-order valence-corrected chi connectivity index (χ3v) is 12.5. The number of thiazole rings is 1. The second-order valence-corrected chi connectivity index (χ2v) is 16.6. The summed E-state index contributed by atoms with van der Waals surface area (Å²) in [5.74, 6) is 1.13. The number of carbonyl (C=O) groups is 3. The molecule has 0 radical (unpaired) electrons. The fourth-order valence-electron chi connectivity index (χ4n) is 8.32. The van der Waals surface area contributed by atoms with Gasteiger partial charge in [-0.3, -0.25) is 9.69 Å². The number of methoxy groups -OCH3 is 2. The number of nitrogens with zero attached hydrogens (tertiary/aromatic N) is 6. The Hall–Kier alpha value is -5.39. The topological polar surface area (TPSA) is 204 Å². The molecule has 0 bridgehead atoms. The van der Waals surface area contributed by atoms with Crippen LogP contribution in [0.15, 0.2) is 36.5 Å². The average molecular weight is 797 g/mol. The van der Waals surface area contributed by atoms with E-state index < -0.39 is 30.5 Å². The van der Waals surface area contributed by atoms with E-state index in [1.807, 2.05) is 55.8 Å². The minimum Gasteiger partial charge on any atom is -0.453 e. The van der Waals surface area contributed by atoms with E-state index in [-0.39, 0.29) is 29.8 Å². The molecule has 57 heavy (non-hydrogen) atoms. The molecule has 5 atom stereocenters. The van der Waals surface area contributed by atoms with Gasteiger partial charge in [-0.1, -0.05) is 39.8 Å². The Kier molecular flexibility index (Phi) is 10.5. The number of hydrogen-bond donors (Lipinski definition) is 5. The van der Waals surface area contributed by atoms with Crippen LogP contribution in [0.1, 0.15) is 77.1 Å². The Balaban J connectivity index is 1.06. The first kappa shape index (κ1) is 38.5. The zero-order valence-corrected chi connectivity index (χ0v) is 33.6. The number of likely N-dealkylation sites (tertiary alicyclic amines) is 2. The first-order valence-electron chi connectivity index (χ1n) is 19.5. The largest absolute Gasteiger partial charge is 0.453 e. The van der Waals surface area contributed by atoms with E-state index in [2.05, 4.69) is 38.8 Å². The minimum absolute atomic E-state index is 0.0314. The minimum atomic E-state index is -0.930. The number of hydrogen-bond acceptors (Lipinski definition) is 12. The average Bonchev–Trinajstić information content (AvgIpc) is 4.05. The zero-order chi connectivity index (χ0) is 40.1. The zero-order valence-electron chi connectivity index (χ0n) is 32.8. The van der Waals surface area contributed by atoms with Crippen LogP contribution in [0, 0.1) is 11.8 Å². The number of amides is 3. The molecule has 2 saturated heterocycles. The van der Waals surface area contributed by atoms with Crippen LogP contribution in [0.5, 0.6) is 0 Å². The molecule has 0 spiro atoms. The van der Waals surface area contributed by atoms with Crippen LogP contribution in [0.2, 0.25) is 0 Å². The van der Waals surface area contributed by atoms with E-state index in [0.29, 0.717) is 24.6 Å². The number of H-pyrrole nitrogens is 2. The van der Waals surface area contributed by atoms with Crippen LogP contribution in [0.3, 0.4) is 0 Å². The number of aromatic nitrogens is 6. The number of benzene rings is 2. The molecule has 300 valence electrons. The second kappa shape index (κ2) is 15.5. The quantitative estimate of drug-likeness (QED) is 0.107. The van der Waals surface area contributed by atoms with Crippen LogP contribution in [-0.2, 0) is 14.3 Å². The van der Waals surface area contributed by atoms with Crippen molar-refractivity contribution in [2.24, 2.45) is 11.8 Å². The van der Waals surface area contributed by atoms with Gasteiger partial charge in [0.25, 0.3) is 0 Å². The van der Waals surface area contributed by atoms with E-state index in [1.54, 1.807) is 11.3 Å². The lowest BCUT2D eigenvalue weighted by molar-refractivity contribution is -0.135. The van der Waals surface area contributed by atoms with E-state index >= 15 is 0 Å². The highest BCUT2D eigenvalue weighted by Gasteiger charge is 2.39.